The number of carboxylic acid groups (broad SMARTS) is 2. The Morgan fingerprint density at radius 2 is 0.735 bits per heavy atom. The molecule has 0 heterocycles. The lowest BCUT2D eigenvalue weighted by Gasteiger charge is -2.50. The molecular weight excluding hydrogens is 424 g/mol. The highest BCUT2D eigenvalue weighted by molar-refractivity contribution is 5.89. The van der Waals surface area contributed by atoms with Gasteiger partial charge in [-0.1, -0.05) is 60.7 Å². The van der Waals surface area contributed by atoms with Gasteiger partial charge < -0.3 is 10.2 Å². The minimum atomic E-state index is -0.937. The topological polar surface area (TPSA) is 74.6 Å². The molecule has 0 saturated carbocycles. The number of hydrogen-bond donors (Lipinski definition) is 2. The molecule has 2 N–H and O–H groups in total. The quantitative estimate of drug-likeness (QED) is 0.401. The maximum absolute atomic E-state index is 11.9. The minimum Gasteiger partial charge on any atom is -0.478 e. The molecule has 10 rings (SSSR count). The molecule has 0 radical (unpaired) electrons. The smallest absolute Gasteiger partial charge is 0.335 e. The van der Waals surface area contributed by atoms with Crippen molar-refractivity contribution in [1.29, 1.82) is 0 Å². The van der Waals surface area contributed by atoms with Crippen molar-refractivity contribution in [2.75, 3.05) is 0 Å². The molecule has 4 aromatic carbocycles. The molecule has 4 aromatic rings. The summed E-state index contributed by atoms with van der Waals surface area (Å²) >= 11 is 0. The fourth-order valence-corrected chi connectivity index (χ4v) is 6.78. The highest BCUT2D eigenvalue weighted by atomic mass is 16.4. The van der Waals surface area contributed by atoms with Gasteiger partial charge in [-0.05, 0) is 68.8 Å². The van der Waals surface area contributed by atoms with Gasteiger partial charge >= 0.3 is 11.9 Å². The van der Waals surface area contributed by atoms with Crippen LogP contribution in [0.25, 0.3) is 0 Å². The molecule has 2 unspecified atom stereocenters. The Labute approximate surface area is 196 Å². The summed E-state index contributed by atoms with van der Waals surface area (Å²) in [4.78, 5) is 23.8. The third kappa shape index (κ3) is 2.37. The molecule has 34 heavy (non-hydrogen) atoms. The average Bonchev–Trinajstić information content (AvgIpc) is 2.84. The maximum atomic E-state index is 11.9. The van der Waals surface area contributed by atoms with E-state index in [-0.39, 0.29) is 34.8 Å². The molecule has 0 aliphatic heterocycles. The number of carbonyl (C=O) groups is 2. The van der Waals surface area contributed by atoms with E-state index in [0.29, 0.717) is 0 Å². The van der Waals surface area contributed by atoms with E-state index in [1.807, 2.05) is 24.3 Å². The van der Waals surface area contributed by atoms with Gasteiger partial charge in [-0.15, -0.1) is 0 Å². The molecule has 0 saturated heterocycles. The number of rotatable bonds is 2. The zero-order valence-electron chi connectivity index (χ0n) is 18.1. The van der Waals surface area contributed by atoms with Crippen LogP contribution in [0.3, 0.4) is 0 Å². The van der Waals surface area contributed by atoms with Gasteiger partial charge in [0.1, 0.15) is 0 Å². The first-order valence-corrected chi connectivity index (χ1v) is 11.5. The molecule has 0 amide bonds. The molecular formula is C30H20O4. The second-order valence-electron chi connectivity index (χ2n) is 9.47. The fourth-order valence-electron chi connectivity index (χ4n) is 6.78. The van der Waals surface area contributed by atoms with Gasteiger partial charge in [0.15, 0.2) is 0 Å². The van der Waals surface area contributed by atoms with Gasteiger partial charge in [0.25, 0.3) is 0 Å². The monoisotopic (exact) mass is 444 g/mol. The zero-order valence-corrected chi connectivity index (χ0v) is 18.1. The number of carboxylic acids is 2. The van der Waals surface area contributed by atoms with Crippen molar-refractivity contribution in [3.05, 3.63) is 141 Å². The summed E-state index contributed by atoms with van der Waals surface area (Å²) in [5.41, 5.74) is 9.96. The molecule has 0 aromatic heterocycles. The first-order valence-electron chi connectivity index (χ1n) is 11.5. The van der Waals surface area contributed by atoms with Crippen LogP contribution in [0.15, 0.2) is 84.9 Å². The van der Waals surface area contributed by atoms with Crippen molar-refractivity contribution >= 4 is 11.9 Å². The van der Waals surface area contributed by atoms with Crippen LogP contribution in [0.2, 0.25) is 0 Å². The van der Waals surface area contributed by atoms with E-state index in [0.717, 1.165) is 22.3 Å². The van der Waals surface area contributed by atoms with Gasteiger partial charge in [-0.25, -0.2) is 9.59 Å². The normalized spacial score (nSPS) is 22.6. The van der Waals surface area contributed by atoms with Crippen LogP contribution in [0.5, 0.6) is 0 Å². The molecule has 0 fully saturated rings. The van der Waals surface area contributed by atoms with E-state index in [9.17, 15) is 19.8 Å². The molecule has 6 aliphatic rings. The van der Waals surface area contributed by atoms with Gasteiger partial charge in [-0.3, -0.25) is 0 Å². The van der Waals surface area contributed by atoms with Crippen molar-refractivity contribution < 1.29 is 19.8 Å². The fraction of sp³-hybridized carbons (Fsp3) is 0.133. The summed E-state index contributed by atoms with van der Waals surface area (Å²) in [6, 6.07) is 28.1. The first-order chi connectivity index (χ1) is 16.5. The molecule has 0 spiro atoms. The highest BCUT2D eigenvalue weighted by Gasteiger charge is 2.49. The Bertz CT molecular complexity index is 1390. The summed E-state index contributed by atoms with van der Waals surface area (Å²) in [6.07, 6.45) is 0. The summed E-state index contributed by atoms with van der Waals surface area (Å²) in [5, 5.41) is 19.5. The average molecular weight is 444 g/mol. The summed E-state index contributed by atoms with van der Waals surface area (Å²) in [5.74, 6) is -2.05. The minimum absolute atomic E-state index is 0.0159. The van der Waals surface area contributed by atoms with Crippen LogP contribution < -0.4 is 0 Å². The molecule has 164 valence electrons. The maximum Gasteiger partial charge on any atom is 0.335 e. The summed E-state index contributed by atoms with van der Waals surface area (Å²) in [6.45, 7) is 0. The van der Waals surface area contributed by atoms with Crippen LogP contribution in [-0.4, -0.2) is 22.2 Å². The van der Waals surface area contributed by atoms with Crippen molar-refractivity contribution in [3.63, 3.8) is 0 Å². The third-order valence-corrected chi connectivity index (χ3v) is 8.01. The Kier molecular flexibility index (Phi) is 3.79. The van der Waals surface area contributed by atoms with Crippen LogP contribution in [0.1, 0.15) is 88.9 Å². The van der Waals surface area contributed by atoms with Gasteiger partial charge in [0.05, 0.1) is 11.1 Å². The molecule has 6 aliphatic carbocycles. The second-order valence-corrected chi connectivity index (χ2v) is 9.47. The van der Waals surface area contributed by atoms with E-state index in [1.165, 1.54) is 22.3 Å². The van der Waals surface area contributed by atoms with Crippen LogP contribution >= 0.6 is 0 Å². The van der Waals surface area contributed by atoms with E-state index in [2.05, 4.69) is 48.5 Å². The standard InChI is InChI=1S/C30H20O4/c31-29(32)15-10-12-22-23(13-15)27-21-11-9-16(30(33)34)14-24(21)28(22)26-18-6-2-1-5-17(18)25(27)19-7-3-4-8-20(19)26/h1-14,25-28H,(H,31,32)(H,33,34). The number of benzene rings is 4. The predicted molar refractivity (Wildman–Crippen MR) is 127 cm³/mol. The van der Waals surface area contributed by atoms with Crippen molar-refractivity contribution in [2.24, 2.45) is 0 Å². The van der Waals surface area contributed by atoms with E-state index >= 15 is 0 Å². The third-order valence-electron chi connectivity index (χ3n) is 8.01. The number of hydrogen-bond acceptors (Lipinski definition) is 2. The Balaban J connectivity index is 1.64. The lowest BCUT2D eigenvalue weighted by molar-refractivity contribution is 0.0685. The highest BCUT2D eigenvalue weighted by Crippen LogP contribution is 2.63. The Morgan fingerprint density at radius 1 is 0.441 bits per heavy atom. The van der Waals surface area contributed by atoms with E-state index in [1.54, 1.807) is 12.1 Å². The second kappa shape index (κ2) is 6.67. The lowest BCUT2D eigenvalue weighted by atomic mass is 9.53. The van der Waals surface area contributed by atoms with E-state index < -0.39 is 11.9 Å². The Morgan fingerprint density at radius 3 is 1.06 bits per heavy atom. The molecule has 4 bridgehead atoms. The van der Waals surface area contributed by atoms with Gasteiger partial charge in [0, 0.05) is 23.7 Å². The lowest BCUT2D eigenvalue weighted by Crippen LogP contribution is -2.36. The van der Waals surface area contributed by atoms with Crippen molar-refractivity contribution in [1.82, 2.24) is 0 Å². The first kappa shape index (κ1) is 19.3. The molecule has 4 heteroatoms. The van der Waals surface area contributed by atoms with Crippen LogP contribution in [-0.2, 0) is 0 Å². The summed E-state index contributed by atoms with van der Waals surface area (Å²) in [7, 11) is 0. The zero-order chi connectivity index (χ0) is 23.1. The van der Waals surface area contributed by atoms with Crippen LogP contribution in [0.4, 0.5) is 0 Å². The largest absolute Gasteiger partial charge is 0.478 e. The van der Waals surface area contributed by atoms with Gasteiger partial charge in [0.2, 0.25) is 0 Å². The van der Waals surface area contributed by atoms with Crippen molar-refractivity contribution in [2.45, 2.75) is 23.7 Å². The van der Waals surface area contributed by atoms with Crippen LogP contribution in [0, 0.1) is 0 Å². The number of aromatic carboxylic acids is 2. The van der Waals surface area contributed by atoms with Gasteiger partial charge in [-0.2, -0.15) is 0 Å². The molecule has 2 atom stereocenters. The Hall–Kier alpha value is -4.18. The van der Waals surface area contributed by atoms with E-state index in [4.69, 9.17) is 0 Å². The van der Waals surface area contributed by atoms with Crippen molar-refractivity contribution in [3.8, 4) is 0 Å². The molecule has 4 nitrogen and oxygen atoms in total. The summed E-state index contributed by atoms with van der Waals surface area (Å²) < 4.78 is 0. The SMILES string of the molecule is O=C(O)c1ccc2c(c1)C1c3ccc(C(=O)O)cc3C2C2c3ccccc3C1c1ccccc12. The predicted octanol–water partition coefficient (Wildman–Crippen LogP) is 5.95.